The highest BCUT2D eigenvalue weighted by Gasteiger charge is 2.25. The van der Waals surface area contributed by atoms with Gasteiger partial charge in [0.05, 0.1) is 6.42 Å². The molecule has 3 rings (SSSR count). The Labute approximate surface area is 149 Å². The summed E-state index contributed by atoms with van der Waals surface area (Å²) in [4.78, 5) is 20.3. The minimum Gasteiger partial charge on any atom is -0.396 e. The first-order valence-electron chi connectivity index (χ1n) is 9.24. The van der Waals surface area contributed by atoms with Gasteiger partial charge in [-0.25, -0.2) is 0 Å². The highest BCUT2D eigenvalue weighted by Crippen LogP contribution is 2.24. The van der Waals surface area contributed by atoms with Gasteiger partial charge in [0, 0.05) is 49.4 Å². The Morgan fingerprint density at radius 2 is 2.12 bits per heavy atom. The number of nitrogens with zero attached hydrogens (tertiary/aromatic N) is 2. The van der Waals surface area contributed by atoms with Crippen molar-refractivity contribution < 1.29 is 9.90 Å². The van der Waals surface area contributed by atoms with Gasteiger partial charge >= 0.3 is 0 Å². The Kier molecular flexibility index (Phi) is 5.76. The third-order valence-corrected chi connectivity index (χ3v) is 5.45. The monoisotopic (exact) mass is 343 g/mol. The van der Waals surface area contributed by atoms with Crippen LogP contribution in [0.3, 0.4) is 0 Å². The summed E-state index contributed by atoms with van der Waals surface area (Å²) in [5.74, 6) is 0.223. The van der Waals surface area contributed by atoms with E-state index in [4.69, 9.17) is 5.11 Å². The number of hydrogen-bond acceptors (Lipinski definition) is 3. The van der Waals surface area contributed by atoms with Crippen molar-refractivity contribution in [2.45, 2.75) is 38.6 Å². The molecule has 2 heterocycles. The predicted octanol–water partition coefficient (Wildman–Crippen LogP) is 2.32. The second kappa shape index (κ2) is 8.02. The molecule has 0 atom stereocenters. The van der Waals surface area contributed by atoms with Crippen LogP contribution < -0.4 is 0 Å². The molecule has 1 aliphatic rings. The average Bonchev–Trinajstić information content (AvgIpc) is 3.04. The van der Waals surface area contributed by atoms with E-state index >= 15 is 0 Å². The second-order valence-electron chi connectivity index (χ2n) is 7.16. The molecule has 0 aliphatic carbocycles. The maximum atomic E-state index is 12.7. The molecule has 5 heteroatoms. The molecule has 1 fully saturated rings. The van der Waals surface area contributed by atoms with Crippen molar-refractivity contribution >= 4 is 16.8 Å². The van der Waals surface area contributed by atoms with Crippen molar-refractivity contribution in [1.29, 1.82) is 0 Å². The van der Waals surface area contributed by atoms with Crippen LogP contribution in [0.15, 0.2) is 24.4 Å². The summed E-state index contributed by atoms with van der Waals surface area (Å²) < 4.78 is 0. The van der Waals surface area contributed by atoms with E-state index in [1.54, 1.807) is 0 Å². The van der Waals surface area contributed by atoms with Crippen LogP contribution in [0.5, 0.6) is 0 Å². The maximum Gasteiger partial charge on any atom is 0.227 e. The van der Waals surface area contributed by atoms with Crippen molar-refractivity contribution in [3.05, 3.63) is 35.5 Å². The summed E-state index contributed by atoms with van der Waals surface area (Å²) in [6.07, 6.45) is 5.29. The zero-order valence-electron chi connectivity index (χ0n) is 15.3. The molecule has 1 aliphatic heterocycles. The molecule has 2 N–H and O–H groups in total. The number of fused-ring (bicyclic) bond motifs is 1. The molecule has 136 valence electrons. The first-order chi connectivity index (χ1) is 12.1. The number of aromatic nitrogens is 1. The number of aromatic amines is 1. The lowest BCUT2D eigenvalue weighted by Gasteiger charge is -2.36. The number of aliphatic hydroxyl groups is 1. The van der Waals surface area contributed by atoms with Crippen LogP contribution in [0.1, 0.15) is 30.4 Å². The lowest BCUT2D eigenvalue weighted by atomic mass is 10.0. The van der Waals surface area contributed by atoms with E-state index in [2.05, 4.69) is 36.0 Å². The van der Waals surface area contributed by atoms with E-state index in [1.165, 1.54) is 10.9 Å². The number of aliphatic hydroxyl groups excluding tert-OH is 1. The lowest BCUT2D eigenvalue weighted by Crippen LogP contribution is -2.46. The molecular formula is C20H29N3O2. The number of likely N-dealkylation sites (tertiary alicyclic amines) is 1. The van der Waals surface area contributed by atoms with E-state index in [0.717, 1.165) is 50.0 Å². The van der Waals surface area contributed by atoms with Crippen LogP contribution in [0.25, 0.3) is 10.9 Å². The molecule has 1 aromatic carbocycles. The Balaban J connectivity index is 1.58. The molecule has 1 amide bonds. The molecule has 5 nitrogen and oxygen atoms in total. The van der Waals surface area contributed by atoms with Gasteiger partial charge in [-0.05, 0) is 50.4 Å². The first kappa shape index (κ1) is 18.0. The van der Waals surface area contributed by atoms with Gasteiger partial charge in [0.1, 0.15) is 0 Å². The average molecular weight is 343 g/mol. The minimum absolute atomic E-state index is 0.223. The number of amides is 1. The zero-order chi connectivity index (χ0) is 17.8. The summed E-state index contributed by atoms with van der Waals surface area (Å²) in [5, 5.41) is 10.2. The molecule has 1 aromatic heterocycles. The number of hydrogen-bond donors (Lipinski definition) is 2. The Morgan fingerprint density at radius 1 is 1.36 bits per heavy atom. The molecule has 0 bridgehead atoms. The Bertz CT molecular complexity index is 717. The number of H-pyrrole nitrogens is 1. The van der Waals surface area contributed by atoms with Crippen LogP contribution in [0.2, 0.25) is 0 Å². The van der Waals surface area contributed by atoms with E-state index in [0.29, 0.717) is 12.5 Å². The summed E-state index contributed by atoms with van der Waals surface area (Å²) in [5.41, 5.74) is 3.41. The van der Waals surface area contributed by atoms with E-state index in [-0.39, 0.29) is 12.5 Å². The SMILES string of the molecule is Cc1cccc2[nH]cc(CC(=O)N3CCC(N(C)CCCO)CC3)c12. The third kappa shape index (κ3) is 4.05. The van der Waals surface area contributed by atoms with Crippen molar-refractivity contribution in [1.82, 2.24) is 14.8 Å². The number of benzene rings is 1. The number of rotatable bonds is 6. The van der Waals surface area contributed by atoms with Gasteiger partial charge in [-0.2, -0.15) is 0 Å². The number of piperidine rings is 1. The fraction of sp³-hybridized carbons (Fsp3) is 0.550. The lowest BCUT2D eigenvalue weighted by molar-refractivity contribution is -0.132. The molecule has 0 spiro atoms. The minimum atomic E-state index is 0.223. The highest BCUT2D eigenvalue weighted by molar-refractivity contribution is 5.91. The predicted molar refractivity (Wildman–Crippen MR) is 101 cm³/mol. The fourth-order valence-electron chi connectivity index (χ4n) is 3.92. The number of aryl methyl sites for hydroxylation is 1. The van der Waals surface area contributed by atoms with Crippen LogP contribution in [-0.4, -0.2) is 65.1 Å². The molecular weight excluding hydrogens is 314 g/mol. The van der Waals surface area contributed by atoms with Gasteiger partial charge < -0.3 is 19.9 Å². The van der Waals surface area contributed by atoms with E-state index in [1.807, 2.05) is 17.2 Å². The van der Waals surface area contributed by atoms with Crippen molar-refractivity contribution in [2.24, 2.45) is 0 Å². The number of carbonyl (C=O) groups excluding carboxylic acids is 1. The third-order valence-electron chi connectivity index (χ3n) is 5.45. The summed E-state index contributed by atoms with van der Waals surface area (Å²) in [6, 6.07) is 6.71. The quantitative estimate of drug-likeness (QED) is 0.846. The Morgan fingerprint density at radius 3 is 2.84 bits per heavy atom. The summed E-state index contributed by atoms with van der Waals surface area (Å²) >= 11 is 0. The van der Waals surface area contributed by atoms with E-state index in [9.17, 15) is 4.79 Å². The number of carbonyl (C=O) groups is 1. The summed E-state index contributed by atoms with van der Waals surface area (Å²) in [7, 11) is 2.12. The molecule has 0 saturated carbocycles. The topological polar surface area (TPSA) is 59.6 Å². The zero-order valence-corrected chi connectivity index (χ0v) is 15.3. The maximum absolute atomic E-state index is 12.7. The summed E-state index contributed by atoms with van der Waals surface area (Å²) in [6.45, 7) is 4.91. The second-order valence-corrected chi connectivity index (χ2v) is 7.16. The van der Waals surface area contributed by atoms with Crippen LogP contribution >= 0.6 is 0 Å². The van der Waals surface area contributed by atoms with Crippen molar-refractivity contribution in [3.8, 4) is 0 Å². The van der Waals surface area contributed by atoms with Gasteiger partial charge in [-0.1, -0.05) is 12.1 Å². The highest BCUT2D eigenvalue weighted by atomic mass is 16.3. The van der Waals surface area contributed by atoms with Gasteiger partial charge in [-0.15, -0.1) is 0 Å². The molecule has 2 aromatic rings. The van der Waals surface area contributed by atoms with Crippen LogP contribution in [0.4, 0.5) is 0 Å². The first-order valence-corrected chi connectivity index (χ1v) is 9.24. The molecule has 0 radical (unpaired) electrons. The van der Waals surface area contributed by atoms with Crippen LogP contribution in [0, 0.1) is 6.92 Å². The molecule has 0 unspecified atom stereocenters. The van der Waals surface area contributed by atoms with Gasteiger partial charge in [-0.3, -0.25) is 4.79 Å². The van der Waals surface area contributed by atoms with Crippen molar-refractivity contribution in [2.75, 3.05) is 33.3 Å². The largest absolute Gasteiger partial charge is 0.396 e. The van der Waals surface area contributed by atoms with Crippen molar-refractivity contribution in [3.63, 3.8) is 0 Å². The molecule has 1 saturated heterocycles. The smallest absolute Gasteiger partial charge is 0.227 e. The molecule has 25 heavy (non-hydrogen) atoms. The van der Waals surface area contributed by atoms with Gasteiger partial charge in [0.2, 0.25) is 5.91 Å². The van der Waals surface area contributed by atoms with Crippen LogP contribution in [-0.2, 0) is 11.2 Å². The van der Waals surface area contributed by atoms with E-state index < -0.39 is 0 Å². The van der Waals surface area contributed by atoms with Gasteiger partial charge in [0.15, 0.2) is 0 Å². The standard InChI is InChI=1S/C20H29N3O2/c1-15-5-3-6-18-20(15)16(14-21-18)13-19(25)23-10-7-17(8-11-23)22(2)9-4-12-24/h3,5-6,14,17,21,24H,4,7-13H2,1-2H3. The fourth-order valence-corrected chi connectivity index (χ4v) is 3.92. The normalized spacial score (nSPS) is 16.1. The number of nitrogens with one attached hydrogen (secondary N) is 1. The Hall–Kier alpha value is -1.85. The van der Waals surface area contributed by atoms with Gasteiger partial charge in [0.25, 0.3) is 0 Å².